The molecule has 2 heterocycles. The Hall–Kier alpha value is -3.45. The second kappa shape index (κ2) is 9.16. The number of oxime groups is 1. The number of esters is 1. The van der Waals surface area contributed by atoms with E-state index in [4.69, 9.17) is 19.0 Å². The Morgan fingerprint density at radius 1 is 1.34 bits per heavy atom. The minimum atomic E-state index is -1.06. The standard InChI is InChI=1S/C19H17N3O6S/c1-11-9-29-19(21-11)14(6-20)15(23)7-25-18(24)8-28-22-12(2)13-3-4-16-17(5-13)27-10-26-16/h3-5,9,14H,7-8,10H2,1-2H3/b22-12-/t14-/m0/s1. The van der Waals surface area contributed by atoms with Crippen LogP contribution in [0.1, 0.15) is 29.1 Å². The summed E-state index contributed by atoms with van der Waals surface area (Å²) >= 11 is 1.21. The van der Waals surface area contributed by atoms with Crippen molar-refractivity contribution in [3.05, 3.63) is 39.8 Å². The summed E-state index contributed by atoms with van der Waals surface area (Å²) in [6, 6.07) is 7.18. The van der Waals surface area contributed by atoms with Crippen LogP contribution in [0.2, 0.25) is 0 Å². The van der Waals surface area contributed by atoms with Crippen LogP contribution in [0, 0.1) is 18.3 Å². The van der Waals surface area contributed by atoms with E-state index in [1.165, 1.54) is 11.3 Å². The van der Waals surface area contributed by atoms with Crippen LogP contribution in [0.5, 0.6) is 11.5 Å². The average molecular weight is 415 g/mol. The first-order chi connectivity index (χ1) is 14.0. The molecule has 0 amide bonds. The van der Waals surface area contributed by atoms with E-state index in [9.17, 15) is 14.9 Å². The van der Waals surface area contributed by atoms with Gasteiger partial charge in [-0.1, -0.05) is 5.16 Å². The van der Waals surface area contributed by atoms with Crippen LogP contribution in [0.3, 0.4) is 0 Å². The molecule has 29 heavy (non-hydrogen) atoms. The van der Waals surface area contributed by atoms with Crippen molar-refractivity contribution in [2.24, 2.45) is 5.16 Å². The maximum Gasteiger partial charge on any atom is 0.347 e. The number of nitriles is 1. The number of fused-ring (bicyclic) bond motifs is 1. The molecule has 0 saturated carbocycles. The third kappa shape index (κ3) is 5.08. The minimum absolute atomic E-state index is 0.171. The van der Waals surface area contributed by atoms with E-state index in [-0.39, 0.29) is 6.79 Å². The first kappa shape index (κ1) is 20.3. The number of rotatable bonds is 8. The van der Waals surface area contributed by atoms with Gasteiger partial charge in [0.15, 0.2) is 29.8 Å². The fraction of sp³-hybridized carbons (Fsp3) is 0.316. The van der Waals surface area contributed by atoms with Crippen LogP contribution in [0.15, 0.2) is 28.7 Å². The number of thiazole rings is 1. The largest absolute Gasteiger partial charge is 0.455 e. The number of hydrogen-bond acceptors (Lipinski definition) is 10. The lowest BCUT2D eigenvalue weighted by molar-refractivity contribution is -0.152. The van der Waals surface area contributed by atoms with E-state index < -0.39 is 30.9 Å². The predicted molar refractivity (Wildman–Crippen MR) is 102 cm³/mol. The Morgan fingerprint density at radius 3 is 2.86 bits per heavy atom. The van der Waals surface area contributed by atoms with Gasteiger partial charge in [-0.05, 0) is 32.0 Å². The van der Waals surface area contributed by atoms with Gasteiger partial charge in [-0.25, -0.2) is 9.78 Å². The van der Waals surface area contributed by atoms with Gasteiger partial charge in [-0.15, -0.1) is 11.3 Å². The Kier molecular flexibility index (Phi) is 6.41. The number of ketones is 1. The van der Waals surface area contributed by atoms with Crippen molar-refractivity contribution < 1.29 is 28.6 Å². The third-order valence-electron chi connectivity index (χ3n) is 3.88. The van der Waals surface area contributed by atoms with Gasteiger partial charge in [-0.2, -0.15) is 5.26 Å². The minimum Gasteiger partial charge on any atom is -0.455 e. The summed E-state index contributed by atoms with van der Waals surface area (Å²) in [6.07, 6.45) is 0. The molecular formula is C19H17N3O6S. The molecule has 1 aliphatic heterocycles. The zero-order valence-corrected chi connectivity index (χ0v) is 16.5. The Morgan fingerprint density at radius 2 is 2.14 bits per heavy atom. The first-order valence-electron chi connectivity index (χ1n) is 8.54. The Balaban J connectivity index is 1.46. The van der Waals surface area contributed by atoms with E-state index >= 15 is 0 Å². The van der Waals surface area contributed by atoms with E-state index in [1.54, 1.807) is 37.4 Å². The van der Waals surface area contributed by atoms with Gasteiger partial charge in [0.1, 0.15) is 5.01 Å². The highest BCUT2D eigenvalue weighted by Gasteiger charge is 2.24. The monoisotopic (exact) mass is 415 g/mol. The number of carbonyl (C=O) groups is 2. The van der Waals surface area contributed by atoms with Crippen molar-refractivity contribution in [2.75, 3.05) is 20.0 Å². The molecule has 10 heteroatoms. The molecule has 0 unspecified atom stereocenters. The Bertz CT molecular complexity index is 994. The van der Waals surface area contributed by atoms with Gasteiger partial charge in [0.2, 0.25) is 13.4 Å². The summed E-state index contributed by atoms with van der Waals surface area (Å²) in [6.45, 7) is 2.64. The molecular weight excluding hydrogens is 398 g/mol. The fourth-order valence-corrected chi connectivity index (χ4v) is 3.26. The van der Waals surface area contributed by atoms with Crippen LogP contribution < -0.4 is 9.47 Å². The molecule has 0 saturated heterocycles. The second-order valence-corrected chi connectivity index (χ2v) is 6.92. The molecule has 0 radical (unpaired) electrons. The molecule has 1 aliphatic rings. The highest BCUT2D eigenvalue weighted by atomic mass is 32.1. The second-order valence-electron chi connectivity index (χ2n) is 6.03. The van der Waals surface area contributed by atoms with Crippen molar-refractivity contribution >= 4 is 28.8 Å². The lowest BCUT2D eigenvalue weighted by Crippen LogP contribution is -2.21. The summed E-state index contributed by atoms with van der Waals surface area (Å²) in [5.74, 6) is -1.12. The van der Waals surface area contributed by atoms with Crippen LogP contribution >= 0.6 is 11.3 Å². The molecule has 150 valence electrons. The van der Waals surface area contributed by atoms with E-state index in [0.717, 1.165) is 11.3 Å². The molecule has 1 aromatic heterocycles. The molecule has 9 nitrogen and oxygen atoms in total. The van der Waals surface area contributed by atoms with Crippen molar-refractivity contribution in [1.29, 1.82) is 5.26 Å². The zero-order chi connectivity index (χ0) is 20.8. The van der Waals surface area contributed by atoms with Crippen molar-refractivity contribution in [1.82, 2.24) is 4.98 Å². The quantitative estimate of drug-likeness (QED) is 0.366. The number of aromatic nitrogens is 1. The molecule has 0 spiro atoms. The molecule has 0 N–H and O–H groups in total. The highest BCUT2D eigenvalue weighted by molar-refractivity contribution is 7.09. The fourth-order valence-electron chi connectivity index (χ4n) is 2.40. The number of Topliss-reactive ketones (excluding diaryl/α,β-unsaturated/α-hetero) is 1. The summed E-state index contributed by atoms with van der Waals surface area (Å²) in [5.41, 5.74) is 1.99. The molecule has 2 aromatic rings. The van der Waals surface area contributed by atoms with Crippen LogP contribution in [0.4, 0.5) is 0 Å². The molecule has 0 bridgehead atoms. The first-order valence-corrected chi connectivity index (χ1v) is 9.42. The molecule has 3 rings (SSSR count). The number of ether oxygens (including phenoxy) is 3. The zero-order valence-electron chi connectivity index (χ0n) is 15.7. The lowest BCUT2D eigenvalue weighted by Gasteiger charge is -2.07. The van der Waals surface area contributed by atoms with Gasteiger partial charge >= 0.3 is 5.97 Å². The highest BCUT2D eigenvalue weighted by Crippen LogP contribution is 2.32. The normalized spacial score (nSPS) is 13.5. The summed E-state index contributed by atoms with van der Waals surface area (Å²) < 4.78 is 15.4. The third-order valence-corrected chi connectivity index (χ3v) is 4.91. The van der Waals surface area contributed by atoms with E-state index in [2.05, 4.69) is 10.1 Å². The molecule has 1 aromatic carbocycles. The predicted octanol–water partition coefficient (Wildman–Crippen LogP) is 2.34. The van der Waals surface area contributed by atoms with E-state index in [1.807, 2.05) is 6.07 Å². The molecule has 0 aliphatic carbocycles. The maximum atomic E-state index is 12.1. The van der Waals surface area contributed by atoms with Crippen LogP contribution in [-0.4, -0.2) is 42.5 Å². The molecule has 0 fully saturated rings. The smallest absolute Gasteiger partial charge is 0.347 e. The lowest BCUT2D eigenvalue weighted by atomic mass is 10.1. The van der Waals surface area contributed by atoms with E-state index in [0.29, 0.717) is 22.2 Å². The van der Waals surface area contributed by atoms with Crippen molar-refractivity contribution in [3.8, 4) is 17.6 Å². The van der Waals surface area contributed by atoms with Crippen LogP contribution in [-0.2, 0) is 19.2 Å². The number of nitrogens with zero attached hydrogens (tertiary/aromatic N) is 3. The topological polar surface area (TPSA) is 120 Å². The van der Waals surface area contributed by atoms with Gasteiger partial charge in [0, 0.05) is 16.6 Å². The Labute approximate surface area is 170 Å². The van der Waals surface area contributed by atoms with Gasteiger partial charge in [-0.3, -0.25) is 4.79 Å². The van der Waals surface area contributed by atoms with Gasteiger partial charge in [0.05, 0.1) is 11.8 Å². The number of benzene rings is 1. The van der Waals surface area contributed by atoms with Crippen molar-refractivity contribution in [2.45, 2.75) is 19.8 Å². The van der Waals surface area contributed by atoms with Gasteiger partial charge in [0.25, 0.3) is 0 Å². The van der Waals surface area contributed by atoms with Crippen LogP contribution in [0.25, 0.3) is 0 Å². The maximum absolute atomic E-state index is 12.1. The summed E-state index contributed by atoms with van der Waals surface area (Å²) in [5, 5.41) is 15.2. The average Bonchev–Trinajstić information content (AvgIpc) is 3.35. The van der Waals surface area contributed by atoms with Crippen molar-refractivity contribution in [3.63, 3.8) is 0 Å². The molecule has 1 atom stereocenters. The van der Waals surface area contributed by atoms with Gasteiger partial charge < -0.3 is 19.0 Å². The number of aryl methyl sites for hydroxylation is 1. The summed E-state index contributed by atoms with van der Waals surface area (Å²) in [4.78, 5) is 33.0. The summed E-state index contributed by atoms with van der Waals surface area (Å²) in [7, 11) is 0. The number of hydrogen-bond donors (Lipinski definition) is 0. The number of carbonyl (C=O) groups excluding carboxylic acids is 2. The SMILES string of the molecule is C/C(=N/OCC(=O)OCC(=O)[C@H](C#N)c1nc(C)cs1)c1ccc2c(c1)OCO2.